The number of carbonyl (C=O) groups is 1. The molecule has 3 rings (SSSR count). The largest absolute Gasteiger partial charge is 0.367 e. The van der Waals surface area contributed by atoms with Crippen molar-refractivity contribution in [3.8, 4) is 0 Å². The summed E-state index contributed by atoms with van der Waals surface area (Å²) in [5, 5.41) is 3.86. The van der Waals surface area contributed by atoms with Crippen LogP contribution < -0.4 is 5.32 Å². The molecule has 0 saturated carbocycles. The highest BCUT2D eigenvalue weighted by molar-refractivity contribution is 5.97. The summed E-state index contributed by atoms with van der Waals surface area (Å²) in [7, 11) is 0. The predicted molar refractivity (Wildman–Crippen MR) is 73.7 cm³/mol. The lowest BCUT2D eigenvalue weighted by atomic mass is 10.1. The van der Waals surface area contributed by atoms with E-state index in [9.17, 15) is 4.79 Å². The maximum atomic E-state index is 12.0. The van der Waals surface area contributed by atoms with Crippen LogP contribution in [0.5, 0.6) is 0 Å². The topological polar surface area (TPSA) is 57.8 Å². The third-order valence-corrected chi connectivity index (χ3v) is 2.98. The quantitative estimate of drug-likeness (QED) is 0.751. The molecule has 0 aliphatic carbocycles. The van der Waals surface area contributed by atoms with Gasteiger partial charge in [0, 0.05) is 36.1 Å². The van der Waals surface area contributed by atoms with Crippen LogP contribution in [0.15, 0.2) is 55.0 Å². The van der Waals surface area contributed by atoms with Gasteiger partial charge >= 0.3 is 0 Å². The zero-order chi connectivity index (χ0) is 13.1. The van der Waals surface area contributed by atoms with Gasteiger partial charge in [-0.25, -0.2) is 0 Å². The molecule has 0 unspecified atom stereocenters. The average Bonchev–Trinajstić information content (AvgIpc) is 2.97. The monoisotopic (exact) mass is 251 g/mol. The van der Waals surface area contributed by atoms with Crippen molar-refractivity contribution in [3.05, 3.63) is 66.1 Å². The van der Waals surface area contributed by atoms with E-state index in [1.165, 1.54) is 0 Å². The van der Waals surface area contributed by atoms with Gasteiger partial charge < -0.3 is 10.3 Å². The minimum Gasteiger partial charge on any atom is -0.367 e. The van der Waals surface area contributed by atoms with Crippen LogP contribution in [0.4, 0.5) is 0 Å². The Labute approximate surface area is 110 Å². The summed E-state index contributed by atoms with van der Waals surface area (Å²) >= 11 is 0. The highest BCUT2D eigenvalue weighted by Gasteiger charge is 2.06. The first-order valence-electron chi connectivity index (χ1n) is 6.07. The summed E-state index contributed by atoms with van der Waals surface area (Å²) in [6, 6.07) is 11.3. The summed E-state index contributed by atoms with van der Waals surface area (Å²) in [5.74, 6) is -0.0769. The second-order valence-corrected chi connectivity index (χ2v) is 4.31. The van der Waals surface area contributed by atoms with Gasteiger partial charge in [-0.3, -0.25) is 9.78 Å². The Bertz CT molecular complexity index is 704. The Hall–Kier alpha value is -2.62. The average molecular weight is 251 g/mol. The third-order valence-electron chi connectivity index (χ3n) is 2.98. The number of aromatic nitrogens is 2. The lowest BCUT2D eigenvalue weighted by Gasteiger charge is -2.05. The molecular weight excluding hydrogens is 238 g/mol. The number of aromatic amines is 1. The van der Waals surface area contributed by atoms with Gasteiger partial charge in [0.25, 0.3) is 5.91 Å². The summed E-state index contributed by atoms with van der Waals surface area (Å²) in [4.78, 5) is 19.2. The molecule has 94 valence electrons. The van der Waals surface area contributed by atoms with Crippen LogP contribution in [-0.4, -0.2) is 15.9 Å². The van der Waals surface area contributed by atoms with Gasteiger partial charge in [0.05, 0.1) is 5.52 Å². The van der Waals surface area contributed by atoms with Crippen LogP contribution in [0.1, 0.15) is 15.9 Å². The van der Waals surface area contributed by atoms with Gasteiger partial charge in [-0.15, -0.1) is 0 Å². The molecule has 2 heterocycles. The fourth-order valence-electron chi connectivity index (χ4n) is 1.97. The van der Waals surface area contributed by atoms with Crippen molar-refractivity contribution >= 4 is 16.8 Å². The molecule has 1 aromatic carbocycles. The van der Waals surface area contributed by atoms with Crippen molar-refractivity contribution in [2.75, 3.05) is 0 Å². The standard InChI is InChI=1S/C15H13N3O/c19-15(18-10-11-5-7-16-9-11)13-3-4-14-12(8-13)2-1-6-17-14/h1-9,16H,10H2,(H,18,19). The molecule has 0 spiro atoms. The number of H-pyrrole nitrogens is 1. The zero-order valence-electron chi connectivity index (χ0n) is 10.3. The molecule has 2 N–H and O–H groups in total. The van der Waals surface area contributed by atoms with E-state index in [1.807, 2.05) is 42.7 Å². The van der Waals surface area contributed by atoms with E-state index >= 15 is 0 Å². The minimum atomic E-state index is -0.0769. The maximum absolute atomic E-state index is 12.0. The van der Waals surface area contributed by atoms with Gasteiger partial charge in [-0.2, -0.15) is 0 Å². The third kappa shape index (κ3) is 2.47. The van der Waals surface area contributed by atoms with E-state index < -0.39 is 0 Å². The Morgan fingerprint density at radius 3 is 3.05 bits per heavy atom. The number of pyridine rings is 1. The second kappa shape index (κ2) is 4.94. The van der Waals surface area contributed by atoms with Gasteiger partial charge in [0.1, 0.15) is 0 Å². The van der Waals surface area contributed by atoms with Crippen molar-refractivity contribution in [1.29, 1.82) is 0 Å². The molecule has 0 atom stereocenters. The molecule has 4 nitrogen and oxygen atoms in total. The highest BCUT2D eigenvalue weighted by atomic mass is 16.1. The molecule has 0 aliphatic rings. The van der Waals surface area contributed by atoms with E-state index in [-0.39, 0.29) is 5.91 Å². The van der Waals surface area contributed by atoms with Crippen molar-refractivity contribution in [1.82, 2.24) is 15.3 Å². The number of hydrogen-bond donors (Lipinski definition) is 2. The Morgan fingerprint density at radius 2 is 2.21 bits per heavy atom. The van der Waals surface area contributed by atoms with Crippen molar-refractivity contribution < 1.29 is 4.79 Å². The summed E-state index contributed by atoms with van der Waals surface area (Å²) in [6.07, 6.45) is 5.45. The molecule has 0 saturated heterocycles. The Morgan fingerprint density at radius 1 is 1.26 bits per heavy atom. The number of nitrogens with zero attached hydrogens (tertiary/aromatic N) is 1. The fraction of sp³-hybridized carbons (Fsp3) is 0.0667. The second-order valence-electron chi connectivity index (χ2n) is 4.31. The molecule has 4 heteroatoms. The summed E-state index contributed by atoms with van der Waals surface area (Å²) < 4.78 is 0. The first-order chi connectivity index (χ1) is 9.33. The van der Waals surface area contributed by atoms with Gasteiger partial charge in [0.15, 0.2) is 0 Å². The van der Waals surface area contributed by atoms with E-state index in [0.717, 1.165) is 16.5 Å². The number of amides is 1. The molecule has 3 aromatic rings. The molecule has 0 radical (unpaired) electrons. The lowest BCUT2D eigenvalue weighted by Crippen LogP contribution is -2.22. The van der Waals surface area contributed by atoms with Crippen molar-refractivity contribution in [3.63, 3.8) is 0 Å². The lowest BCUT2D eigenvalue weighted by molar-refractivity contribution is 0.0951. The van der Waals surface area contributed by atoms with Gasteiger partial charge in [0.2, 0.25) is 0 Å². The van der Waals surface area contributed by atoms with Gasteiger partial charge in [-0.1, -0.05) is 6.07 Å². The summed E-state index contributed by atoms with van der Waals surface area (Å²) in [6.45, 7) is 0.521. The molecule has 19 heavy (non-hydrogen) atoms. The molecule has 1 amide bonds. The van der Waals surface area contributed by atoms with Crippen LogP contribution in [0.25, 0.3) is 10.9 Å². The Balaban J connectivity index is 1.77. The molecule has 2 aromatic heterocycles. The first kappa shape index (κ1) is 11.5. The maximum Gasteiger partial charge on any atom is 0.251 e. The van der Waals surface area contributed by atoms with E-state index in [0.29, 0.717) is 12.1 Å². The number of nitrogens with one attached hydrogen (secondary N) is 2. The SMILES string of the molecule is O=C(NCc1cc[nH]c1)c1ccc2ncccc2c1. The smallest absolute Gasteiger partial charge is 0.251 e. The number of rotatable bonds is 3. The Kier molecular flexibility index (Phi) is 2.98. The number of hydrogen-bond acceptors (Lipinski definition) is 2. The number of carbonyl (C=O) groups excluding carboxylic acids is 1. The van der Waals surface area contributed by atoms with Crippen LogP contribution >= 0.6 is 0 Å². The molecular formula is C15H13N3O. The van der Waals surface area contributed by atoms with E-state index in [1.54, 1.807) is 12.3 Å². The fourth-order valence-corrected chi connectivity index (χ4v) is 1.97. The molecule has 0 bridgehead atoms. The highest BCUT2D eigenvalue weighted by Crippen LogP contribution is 2.13. The first-order valence-corrected chi connectivity index (χ1v) is 6.07. The van der Waals surface area contributed by atoms with Crippen molar-refractivity contribution in [2.45, 2.75) is 6.54 Å². The van der Waals surface area contributed by atoms with Crippen LogP contribution in [0.3, 0.4) is 0 Å². The molecule has 0 fully saturated rings. The summed E-state index contributed by atoms with van der Waals surface area (Å²) in [5.41, 5.74) is 2.59. The van der Waals surface area contributed by atoms with Crippen LogP contribution in [0.2, 0.25) is 0 Å². The van der Waals surface area contributed by atoms with Crippen LogP contribution in [-0.2, 0) is 6.54 Å². The predicted octanol–water partition coefficient (Wildman–Crippen LogP) is 2.49. The zero-order valence-corrected chi connectivity index (χ0v) is 10.3. The van der Waals surface area contributed by atoms with Crippen molar-refractivity contribution in [2.24, 2.45) is 0 Å². The van der Waals surface area contributed by atoms with Gasteiger partial charge in [-0.05, 0) is 35.9 Å². The van der Waals surface area contributed by atoms with Crippen LogP contribution in [0, 0.1) is 0 Å². The minimum absolute atomic E-state index is 0.0769. The normalized spacial score (nSPS) is 10.5. The molecule has 0 aliphatic heterocycles. The van der Waals surface area contributed by atoms with E-state index in [2.05, 4.69) is 15.3 Å². The number of benzene rings is 1. The number of fused-ring (bicyclic) bond motifs is 1. The van der Waals surface area contributed by atoms with E-state index in [4.69, 9.17) is 0 Å².